The van der Waals surface area contributed by atoms with Crippen LogP contribution in [0.2, 0.25) is 5.02 Å². The van der Waals surface area contributed by atoms with E-state index in [4.69, 9.17) is 21.1 Å². The minimum absolute atomic E-state index is 0.00799. The summed E-state index contributed by atoms with van der Waals surface area (Å²) in [4.78, 5) is 0. The average molecular weight is 371 g/mol. The van der Waals surface area contributed by atoms with Gasteiger partial charge in [0, 0.05) is 5.56 Å². The fourth-order valence-electron chi connectivity index (χ4n) is 2.38. The van der Waals surface area contributed by atoms with E-state index in [1.165, 1.54) is 0 Å². The van der Waals surface area contributed by atoms with E-state index in [0.717, 1.165) is 11.1 Å². The molecule has 1 heterocycles. The van der Waals surface area contributed by atoms with Crippen LogP contribution >= 0.6 is 11.6 Å². The van der Waals surface area contributed by atoms with Gasteiger partial charge in [-0.1, -0.05) is 41.9 Å². The number of aromatic nitrogens is 3. The number of halogens is 1. The van der Waals surface area contributed by atoms with Crippen molar-refractivity contribution in [2.45, 2.75) is 20.0 Å². The van der Waals surface area contributed by atoms with Gasteiger partial charge in [-0.2, -0.15) is 9.78 Å². The Bertz CT molecular complexity index is 907. The molecule has 0 radical (unpaired) electrons. The van der Waals surface area contributed by atoms with E-state index in [9.17, 15) is 0 Å². The molecule has 134 valence electrons. The van der Waals surface area contributed by atoms with Crippen LogP contribution in [0.15, 0.2) is 53.9 Å². The first kappa shape index (κ1) is 17.9. The topological polar surface area (TPSA) is 61.5 Å². The van der Waals surface area contributed by atoms with E-state index < -0.39 is 0 Å². The SMILES string of the molecule is COc1cc(/C=N\n2cnnc2-c2ccccc2)cc(Cl)c1OC(C)C. The third-order valence-corrected chi connectivity index (χ3v) is 3.78. The van der Waals surface area contributed by atoms with Gasteiger partial charge in [-0.3, -0.25) is 0 Å². The predicted octanol–water partition coefficient (Wildman–Crippen LogP) is 4.28. The molecule has 0 fully saturated rings. The summed E-state index contributed by atoms with van der Waals surface area (Å²) in [5, 5.41) is 13.0. The minimum atomic E-state index is -0.00799. The Labute approximate surface area is 157 Å². The molecule has 1 aromatic heterocycles. The smallest absolute Gasteiger partial charge is 0.184 e. The maximum atomic E-state index is 6.35. The number of benzene rings is 2. The van der Waals surface area contributed by atoms with Crippen LogP contribution in [0.5, 0.6) is 11.5 Å². The van der Waals surface area contributed by atoms with Gasteiger partial charge >= 0.3 is 0 Å². The molecule has 0 aliphatic rings. The highest BCUT2D eigenvalue weighted by Crippen LogP contribution is 2.36. The Morgan fingerprint density at radius 2 is 1.96 bits per heavy atom. The summed E-state index contributed by atoms with van der Waals surface area (Å²) in [6.07, 6.45) is 3.21. The lowest BCUT2D eigenvalue weighted by Gasteiger charge is -2.15. The molecule has 0 amide bonds. The Morgan fingerprint density at radius 3 is 2.65 bits per heavy atom. The molecule has 0 saturated heterocycles. The molecule has 0 atom stereocenters. The van der Waals surface area contributed by atoms with Crippen molar-refractivity contribution in [3.63, 3.8) is 0 Å². The normalized spacial score (nSPS) is 11.3. The van der Waals surface area contributed by atoms with E-state index >= 15 is 0 Å². The average Bonchev–Trinajstić information content (AvgIpc) is 3.11. The highest BCUT2D eigenvalue weighted by atomic mass is 35.5. The summed E-state index contributed by atoms with van der Waals surface area (Å²) in [6, 6.07) is 13.3. The predicted molar refractivity (Wildman–Crippen MR) is 102 cm³/mol. The van der Waals surface area contributed by atoms with Crippen LogP contribution < -0.4 is 9.47 Å². The van der Waals surface area contributed by atoms with E-state index in [1.807, 2.05) is 50.2 Å². The van der Waals surface area contributed by atoms with Crippen molar-refractivity contribution >= 4 is 17.8 Å². The second-order valence-electron chi connectivity index (χ2n) is 5.81. The van der Waals surface area contributed by atoms with Gasteiger partial charge in [0.1, 0.15) is 6.33 Å². The molecule has 2 aromatic carbocycles. The molecule has 0 saturated carbocycles. The zero-order chi connectivity index (χ0) is 18.5. The molecule has 7 heteroatoms. The number of hydrogen-bond donors (Lipinski definition) is 0. The van der Waals surface area contributed by atoms with Gasteiger partial charge < -0.3 is 9.47 Å². The summed E-state index contributed by atoms with van der Waals surface area (Å²) in [6.45, 7) is 3.87. The first-order valence-electron chi connectivity index (χ1n) is 8.12. The Kier molecular flexibility index (Phi) is 5.53. The fraction of sp³-hybridized carbons (Fsp3) is 0.211. The van der Waals surface area contributed by atoms with Crippen molar-refractivity contribution < 1.29 is 9.47 Å². The van der Waals surface area contributed by atoms with E-state index in [2.05, 4.69) is 15.3 Å². The Balaban J connectivity index is 1.90. The third kappa shape index (κ3) is 4.03. The first-order chi connectivity index (χ1) is 12.6. The van der Waals surface area contributed by atoms with Gasteiger partial charge in [0.15, 0.2) is 17.3 Å². The molecular weight excluding hydrogens is 352 g/mol. The molecule has 0 unspecified atom stereocenters. The van der Waals surface area contributed by atoms with E-state index in [1.54, 1.807) is 30.4 Å². The van der Waals surface area contributed by atoms with Crippen LogP contribution in [0.3, 0.4) is 0 Å². The van der Waals surface area contributed by atoms with Crippen molar-refractivity contribution in [3.8, 4) is 22.9 Å². The summed E-state index contributed by atoms with van der Waals surface area (Å²) in [5.41, 5.74) is 1.70. The minimum Gasteiger partial charge on any atom is -0.493 e. The first-order valence-corrected chi connectivity index (χ1v) is 8.50. The lowest BCUT2D eigenvalue weighted by Crippen LogP contribution is -2.07. The summed E-state index contributed by atoms with van der Waals surface area (Å²) in [7, 11) is 1.58. The number of ether oxygens (including phenoxy) is 2. The summed E-state index contributed by atoms with van der Waals surface area (Å²) >= 11 is 6.35. The third-order valence-electron chi connectivity index (χ3n) is 3.50. The van der Waals surface area contributed by atoms with E-state index in [-0.39, 0.29) is 6.10 Å². The quantitative estimate of drug-likeness (QED) is 0.608. The van der Waals surface area contributed by atoms with Crippen LogP contribution in [0.4, 0.5) is 0 Å². The lowest BCUT2D eigenvalue weighted by molar-refractivity contribution is 0.230. The zero-order valence-electron chi connectivity index (χ0n) is 14.8. The highest BCUT2D eigenvalue weighted by molar-refractivity contribution is 6.32. The number of methoxy groups -OCH3 is 1. The summed E-state index contributed by atoms with van der Waals surface area (Å²) < 4.78 is 12.7. The molecular formula is C19H19ClN4O2. The second kappa shape index (κ2) is 8.01. The fourth-order valence-corrected chi connectivity index (χ4v) is 2.65. The monoisotopic (exact) mass is 370 g/mol. The maximum absolute atomic E-state index is 6.35. The maximum Gasteiger partial charge on any atom is 0.184 e. The molecule has 0 bridgehead atoms. The van der Waals surface area contributed by atoms with Crippen molar-refractivity contribution in [2.24, 2.45) is 5.10 Å². The molecule has 0 aliphatic carbocycles. The van der Waals surface area contributed by atoms with Gasteiger partial charge in [-0.25, -0.2) is 0 Å². The second-order valence-corrected chi connectivity index (χ2v) is 6.22. The standard InChI is InChI=1S/C19H19ClN4O2/c1-13(2)26-18-16(20)9-14(10-17(18)25-3)11-22-24-12-21-23-19(24)15-7-5-4-6-8-15/h4-13H,1-3H3/b22-11-. The molecule has 0 spiro atoms. The summed E-state index contributed by atoms with van der Waals surface area (Å²) in [5.74, 6) is 1.73. The van der Waals surface area contributed by atoms with Crippen LogP contribution in [0.1, 0.15) is 19.4 Å². The largest absolute Gasteiger partial charge is 0.493 e. The van der Waals surface area contributed by atoms with Gasteiger partial charge in [0.2, 0.25) is 0 Å². The molecule has 3 rings (SSSR count). The van der Waals surface area contributed by atoms with Crippen molar-refractivity contribution in [1.82, 2.24) is 14.9 Å². The Hall–Kier alpha value is -2.86. The van der Waals surface area contributed by atoms with Gasteiger partial charge in [-0.05, 0) is 31.5 Å². The van der Waals surface area contributed by atoms with Crippen molar-refractivity contribution in [2.75, 3.05) is 7.11 Å². The van der Waals surface area contributed by atoms with Gasteiger partial charge in [-0.15, -0.1) is 10.2 Å². The lowest BCUT2D eigenvalue weighted by atomic mass is 10.2. The van der Waals surface area contributed by atoms with Gasteiger partial charge in [0.25, 0.3) is 0 Å². The zero-order valence-corrected chi connectivity index (χ0v) is 15.5. The molecule has 6 nitrogen and oxygen atoms in total. The highest BCUT2D eigenvalue weighted by Gasteiger charge is 2.13. The van der Waals surface area contributed by atoms with Crippen LogP contribution in [-0.2, 0) is 0 Å². The molecule has 3 aromatic rings. The molecule has 0 N–H and O–H groups in total. The van der Waals surface area contributed by atoms with Crippen LogP contribution in [0.25, 0.3) is 11.4 Å². The number of nitrogens with zero attached hydrogens (tertiary/aromatic N) is 4. The van der Waals surface area contributed by atoms with Crippen LogP contribution in [0, 0.1) is 0 Å². The molecule has 0 aliphatic heterocycles. The van der Waals surface area contributed by atoms with Gasteiger partial charge in [0.05, 0.1) is 24.5 Å². The van der Waals surface area contributed by atoms with Crippen molar-refractivity contribution in [3.05, 3.63) is 59.4 Å². The van der Waals surface area contributed by atoms with E-state index in [0.29, 0.717) is 22.3 Å². The van der Waals surface area contributed by atoms with Crippen molar-refractivity contribution in [1.29, 1.82) is 0 Å². The number of hydrogen-bond acceptors (Lipinski definition) is 5. The number of rotatable bonds is 6. The van der Waals surface area contributed by atoms with Crippen LogP contribution in [-0.4, -0.2) is 34.3 Å². The Morgan fingerprint density at radius 1 is 1.19 bits per heavy atom. The molecule has 26 heavy (non-hydrogen) atoms.